The van der Waals surface area contributed by atoms with E-state index in [2.05, 4.69) is 0 Å². The van der Waals surface area contributed by atoms with Gasteiger partial charge in [0, 0.05) is 10.5 Å². The summed E-state index contributed by atoms with van der Waals surface area (Å²) in [6.07, 6.45) is 0. The van der Waals surface area contributed by atoms with Gasteiger partial charge in [0.05, 0.1) is 16.6 Å². The summed E-state index contributed by atoms with van der Waals surface area (Å²) in [7, 11) is -1.30. The summed E-state index contributed by atoms with van der Waals surface area (Å²) in [6.45, 7) is 7.92. The molecule has 110 valence electrons. The van der Waals surface area contributed by atoms with Gasteiger partial charge >= 0.3 is 0 Å². The summed E-state index contributed by atoms with van der Waals surface area (Å²) in [5, 5.41) is 0. The van der Waals surface area contributed by atoms with Gasteiger partial charge in [-0.3, -0.25) is 9.00 Å². The lowest BCUT2D eigenvalue weighted by Gasteiger charge is -2.08. The Bertz CT molecular complexity index is 717. The molecule has 2 nitrogen and oxygen atoms in total. The van der Waals surface area contributed by atoms with Crippen molar-refractivity contribution in [2.75, 3.05) is 5.75 Å². The number of ketones is 1. The van der Waals surface area contributed by atoms with E-state index in [9.17, 15) is 9.00 Å². The minimum Gasteiger partial charge on any atom is -0.293 e. The summed E-state index contributed by atoms with van der Waals surface area (Å²) >= 11 is 0. The van der Waals surface area contributed by atoms with E-state index < -0.39 is 10.8 Å². The van der Waals surface area contributed by atoms with E-state index in [0.29, 0.717) is 5.56 Å². The Labute approximate surface area is 128 Å². The van der Waals surface area contributed by atoms with Gasteiger partial charge in [0.2, 0.25) is 0 Å². The molecule has 1 unspecified atom stereocenters. The van der Waals surface area contributed by atoms with Crippen molar-refractivity contribution in [3.63, 3.8) is 0 Å². The summed E-state index contributed by atoms with van der Waals surface area (Å²) in [5.74, 6) is -0.0386. The highest BCUT2D eigenvalue weighted by Crippen LogP contribution is 2.17. The minimum absolute atomic E-state index is 0.0341. The third-order valence-electron chi connectivity index (χ3n) is 3.67. The van der Waals surface area contributed by atoms with Gasteiger partial charge in [-0.25, -0.2) is 0 Å². The number of carbonyl (C=O) groups is 1. The molecule has 3 heteroatoms. The van der Waals surface area contributed by atoms with Crippen LogP contribution in [0.15, 0.2) is 41.3 Å². The number of aryl methyl sites for hydroxylation is 4. The number of hydrogen-bond acceptors (Lipinski definition) is 2. The molecule has 0 aliphatic heterocycles. The van der Waals surface area contributed by atoms with Crippen LogP contribution in [0.2, 0.25) is 0 Å². The van der Waals surface area contributed by atoms with E-state index >= 15 is 0 Å². The summed E-state index contributed by atoms with van der Waals surface area (Å²) in [5.41, 5.74) is 4.98. The summed E-state index contributed by atoms with van der Waals surface area (Å²) in [4.78, 5) is 13.0. The first-order valence-corrected chi connectivity index (χ1v) is 8.26. The average Bonchev–Trinajstić information content (AvgIpc) is 2.41. The maximum Gasteiger partial charge on any atom is 0.175 e. The molecule has 0 spiro atoms. The van der Waals surface area contributed by atoms with Gasteiger partial charge in [0.1, 0.15) is 0 Å². The topological polar surface area (TPSA) is 34.1 Å². The molecule has 21 heavy (non-hydrogen) atoms. The molecule has 0 fully saturated rings. The number of Topliss-reactive ketones (excluding diaryl/α,β-unsaturated/α-hetero) is 1. The highest BCUT2D eigenvalue weighted by atomic mass is 32.2. The quantitative estimate of drug-likeness (QED) is 0.802. The molecular weight excluding hydrogens is 280 g/mol. The van der Waals surface area contributed by atoms with E-state index in [1.165, 1.54) is 0 Å². The lowest BCUT2D eigenvalue weighted by Crippen LogP contribution is -2.12. The SMILES string of the molecule is Cc1ccc(S(=O)CC(=O)c2ccc(C)c(C)c2)c(C)c1. The lowest BCUT2D eigenvalue weighted by atomic mass is 10.0. The van der Waals surface area contributed by atoms with Crippen molar-refractivity contribution in [2.45, 2.75) is 32.6 Å². The monoisotopic (exact) mass is 300 g/mol. The smallest absolute Gasteiger partial charge is 0.175 e. The number of carbonyl (C=O) groups excluding carboxylic acids is 1. The van der Waals surface area contributed by atoms with Crippen LogP contribution in [0.1, 0.15) is 32.6 Å². The average molecular weight is 300 g/mol. The molecule has 2 rings (SSSR count). The van der Waals surface area contributed by atoms with Crippen molar-refractivity contribution in [3.8, 4) is 0 Å². The molecule has 2 aromatic carbocycles. The van der Waals surface area contributed by atoms with Gasteiger partial charge < -0.3 is 0 Å². The van der Waals surface area contributed by atoms with E-state index in [-0.39, 0.29) is 11.5 Å². The maximum atomic E-state index is 12.4. The van der Waals surface area contributed by atoms with Crippen LogP contribution >= 0.6 is 0 Å². The third kappa shape index (κ3) is 3.67. The lowest BCUT2D eigenvalue weighted by molar-refractivity contribution is 0.102. The van der Waals surface area contributed by atoms with Crippen LogP contribution in [-0.4, -0.2) is 15.7 Å². The molecule has 0 saturated heterocycles. The van der Waals surface area contributed by atoms with Crippen molar-refractivity contribution < 1.29 is 9.00 Å². The van der Waals surface area contributed by atoms with Gasteiger partial charge in [-0.05, 0) is 56.5 Å². The van der Waals surface area contributed by atoms with E-state index in [1.807, 2.05) is 64.1 Å². The number of hydrogen-bond donors (Lipinski definition) is 0. The largest absolute Gasteiger partial charge is 0.293 e. The Kier molecular flexibility index (Phi) is 4.73. The van der Waals surface area contributed by atoms with Crippen molar-refractivity contribution >= 4 is 16.6 Å². The Morgan fingerprint density at radius 2 is 1.62 bits per heavy atom. The molecule has 0 aliphatic rings. The van der Waals surface area contributed by atoms with E-state index in [1.54, 1.807) is 0 Å². The first-order valence-electron chi connectivity index (χ1n) is 6.94. The zero-order valence-corrected chi connectivity index (χ0v) is 13.7. The minimum atomic E-state index is -1.30. The molecule has 0 radical (unpaired) electrons. The normalized spacial score (nSPS) is 12.2. The molecule has 1 atom stereocenters. The van der Waals surface area contributed by atoms with Crippen molar-refractivity contribution in [1.82, 2.24) is 0 Å². The van der Waals surface area contributed by atoms with Gasteiger partial charge in [-0.2, -0.15) is 0 Å². The summed E-state index contributed by atoms with van der Waals surface area (Å²) in [6, 6.07) is 11.4. The van der Waals surface area contributed by atoms with Crippen LogP contribution in [-0.2, 0) is 10.8 Å². The number of rotatable bonds is 4. The summed E-state index contributed by atoms with van der Waals surface area (Å²) < 4.78 is 12.4. The van der Waals surface area contributed by atoms with Crippen LogP contribution in [0.4, 0.5) is 0 Å². The van der Waals surface area contributed by atoms with Gasteiger partial charge in [-0.15, -0.1) is 0 Å². The predicted octanol–water partition coefficient (Wildman–Crippen LogP) is 3.91. The van der Waals surface area contributed by atoms with Gasteiger partial charge in [0.15, 0.2) is 5.78 Å². The number of benzene rings is 2. The Morgan fingerprint density at radius 3 is 2.24 bits per heavy atom. The second-order valence-electron chi connectivity index (χ2n) is 5.48. The Hall–Kier alpha value is -1.74. The highest BCUT2D eigenvalue weighted by Gasteiger charge is 2.14. The first-order chi connectivity index (χ1) is 9.88. The highest BCUT2D eigenvalue weighted by molar-refractivity contribution is 7.85. The molecule has 0 aliphatic carbocycles. The maximum absolute atomic E-state index is 12.4. The molecule has 0 bridgehead atoms. The Morgan fingerprint density at radius 1 is 0.905 bits per heavy atom. The van der Waals surface area contributed by atoms with E-state index in [0.717, 1.165) is 27.1 Å². The fraction of sp³-hybridized carbons (Fsp3) is 0.278. The van der Waals surface area contributed by atoms with Crippen LogP contribution in [0.25, 0.3) is 0 Å². The molecule has 0 saturated carbocycles. The van der Waals surface area contributed by atoms with Gasteiger partial charge in [0.25, 0.3) is 0 Å². The second-order valence-corrected chi connectivity index (χ2v) is 6.90. The molecule has 0 amide bonds. The standard InChI is InChI=1S/C18H20O2S/c1-12-5-8-18(15(4)9-12)21(20)11-17(19)16-7-6-13(2)14(3)10-16/h5-10H,11H2,1-4H3. The molecule has 0 heterocycles. The van der Waals surface area contributed by atoms with Gasteiger partial charge in [-0.1, -0.05) is 29.8 Å². The van der Waals surface area contributed by atoms with E-state index in [4.69, 9.17) is 0 Å². The van der Waals surface area contributed by atoms with Crippen molar-refractivity contribution in [3.05, 3.63) is 64.2 Å². The van der Waals surface area contributed by atoms with Crippen LogP contribution in [0.5, 0.6) is 0 Å². The fourth-order valence-corrected chi connectivity index (χ4v) is 3.45. The third-order valence-corrected chi connectivity index (χ3v) is 5.14. The Balaban J connectivity index is 2.18. The van der Waals surface area contributed by atoms with Crippen LogP contribution < -0.4 is 0 Å². The molecule has 0 N–H and O–H groups in total. The second kappa shape index (κ2) is 6.35. The first kappa shape index (κ1) is 15.6. The van der Waals surface area contributed by atoms with Crippen LogP contribution in [0, 0.1) is 27.7 Å². The zero-order valence-electron chi connectivity index (χ0n) is 12.9. The molecule has 0 aromatic heterocycles. The molecular formula is C18H20O2S. The van der Waals surface area contributed by atoms with Crippen LogP contribution in [0.3, 0.4) is 0 Å². The fourth-order valence-electron chi connectivity index (χ4n) is 2.25. The van der Waals surface area contributed by atoms with Crippen molar-refractivity contribution in [1.29, 1.82) is 0 Å². The molecule has 2 aromatic rings. The van der Waals surface area contributed by atoms with Crippen molar-refractivity contribution in [2.24, 2.45) is 0 Å². The zero-order chi connectivity index (χ0) is 15.6. The predicted molar refractivity (Wildman–Crippen MR) is 87.4 cm³/mol.